The number of hydrogen-bond acceptors (Lipinski definition) is 21. The quantitative estimate of drug-likeness (QED) is 0.324. The zero-order valence-corrected chi connectivity index (χ0v) is 35.7. The van der Waals surface area contributed by atoms with Crippen LogP contribution < -0.4 is 22.0 Å². The zero-order chi connectivity index (χ0) is 42.5. The van der Waals surface area contributed by atoms with Crippen LogP contribution in [0.4, 0.5) is 11.6 Å². The maximum Gasteiger partial charge on any atom is 0.357 e. The van der Waals surface area contributed by atoms with Crippen molar-refractivity contribution in [3.05, 3.63) is 45.5 Å². The lowest BCUT2D eigenvalue weighted by Crippen LogP contribution is -2.35. The van der Waals surface area contributed by atoms with E-state index in [1.807, 2.05) is 0 Å². The van der Waals surface area contributed by atoms with E-state index in [1.54, 1.807) is 27.7 Å². The van der Waals surface area contributed by atoms with Crippen LogP contribution in [-0.2, 0) is 78.2 Å². The van der Waals surface area contributed by atoms with E-state index >= 15 is 0 Å². The van der Waals surface area contributed by atoms with Gasteiger partial charge in [0.25, 0.3) is 0 Å². The topological polar surface area (TPSA) is 298 Å². The maximum atomic E-state index is 14.0. The summed E-state index contributed by atoms with van der Waals surface area (Å²) in [5, 5.41) is 4.82. The van der Waals surface area contributed by atoms with Gasteiger partial charge in [-0.05, 0) is 39.8 Å². The molecule has 6 aliphatic heterocycles. The number of aromatic nitrogens is 4. The number of carbonyl (C=O) groups excluding carboxylic acids is 2. The molecule has 0 radical (unpaired) electrons. The standard InChI is InChI=1S/C30H40N6O19P4/c1-15(37)31-19-7-9-35(27(39)33-19)25-23-21(49-29(3,4)51-23)17(47-25)11-45-56(41)13-58(43)54-57(42,14-59(44,53-56)55-58)46-12-18-22-24(52-30(5,6)50-22)26(48-18)36-10-8-20(32-16(2)38)34-28(36)40/h7-10,17-18,21-26H,11-14H2,1-6H3,(H,31,33,37,39)(H,32,34,38,40)/t17-,18-,21+,22+,23?,24?,25-,26-,56?,57?,58?,59?/m1/s1. The number of carbonyl (C=O) groups is 2. The number of nitrogens with one attached hydrogen (secondary N) is 2. The van der Waals surface area contributed by atoms with E-state index in [0.29, 0.717) is 0 Å². The van der Waals surface area contributed by atoms with E-state index in [1.165, 1.54) is 38.4 Å². The first-order valence-electron chi connectivity index (χ1n) is 18.0. The van der Waals surface area contributed by atoms with Crippen LogP contribution in [-0.4, -0.2) is 104 Å². The molecule has 59 heavy (non-hydrogen) atoms. The second-order valence-corrected chi connectivity index (χ2v) is 24.8. The molecule has 6 saturated heterocycles. The van der Waals surface area contributed by atoms with Gasteiger partial charge in [0.15, 0.2) is 35.8 Å². The van der Waals surface area contributed by atoms with Gasteiger partial charge in [0, 0.05) is 26.2 Å². The van der Waals surface area contributed by atoms with Crippen LogP contribution in [0.15, 0.2) is 34.1 Å². The Morgan fingerprint density at radius 1 is 0.678 bits per heavy atom. The van der Waals surface area contributed by atoms with Crippen molar-refractivity contribution < 1.29 is 78.2 Å². The minimum absolute atomic E-state index is 0.00820. The molecule has 6 aliphatic rings. The van der Waals surface area contributed by atoms with Crippen LogP contribution in [0.25, 0.3) is 0 Å². The minimum Gasteiger partial charge on any atom is -0.346 e. The monoisotopic (exact) mass is 912 g/mol. The van der Waals surface area contributed by atoms with Gasteiger partial charge in [-0.15, -0.1) is 0 Å². The van der Waals surface area contributed by atoms with Gasteiger partial charge in [0.05, 0.1) is 13.2 Å². The van der Waals surface area contributed by atoms with Crippen LogP contribution in [0.3, 0.4) is 0 Å². The summed E-state index contributed by atoms with van der Waals surface area (Å²) in [7, 11) is -18.8. The van der Waals surface area contributed by atoms with Crippen molar-refractivity contribution in [1.82, 2.24) is 19.1 Å². The van der Waals surface area contributed by atoms with Gasteiger partial charge < -0.3 is 48.1 Å². The van der Waals surface area contributed by atoms with Crippen LogP contribution in [0.2, 0.25) is 0 Å². The van der Waals surface area contributed by atoms with Gasteiger partial charge in [-0.1, -0.05) is 0 Å². The van der Waals surface area contributed by atoms with Crippen molar-refractivity contribution in [3.8, 4) is 0 Å². The number of fused-ring (bicyclic) bond motifs is 4. The third-order valence-electron chi connectivity index (χ3n) is 9.38. The fourth-order valence-electron chi connectivity index (χ4n) is 7.43. The Hall–Kier alpha value is -2.82. The molecule has 8 heterocycles. The molecule has 25 nitrogen and oxygen atoms in total. The molecule has 0 spiro atoms. The largest absolute Gasteiger partial charge is 0.357 e. The number of hydrogen-bond donors (Lipinski definition) is 2. The maximum absolute atomic E-state index is 14.0. The summed E-state index contributed by atoms with van der Waals surface area (Å²) in [6.45, 7) is 7.85. The van der Waals surface area contributed by atoms with E-state index in [-0.39, 0.29) is 11.6 Å². The van der Waals surface area contributed by atoms with Crippen LogP contribution in [0, 0.1) is 0 Å². The van der Waals surface area contributed by atoms with Crippen molar-refractivity contribution in [1.29, 1.82) is 0 Å². The second kappa shape index (κ2) is 14.9. The van der Waals surface area contributed by atoms with Crippen molar-refractivity contribution >= 4 is 53.8 Å². The van der Waals surface area contributed by atoms with Gasteiger partial charge in [0.1, 0.15) is 48.3 Å². The van der Waals surface area contributed by atoms with Gasteiger partial charge in [0.2, 0.25) is 11.8 Å². The zero-order valence-electron chi connectivity index (χ0n) is 32.1. The molecule has 324 valence electrons. The lowest BCUT2D eigenvalue weighted by atomic mass is 10.1. The predicted octanol–water partition coefficient (Wildman–Crippen LogP) is 3.05. The van der Waals surface area contributed by atoms with E-state index in [2.05, 4.69) is 20.6 Å². The smallest absolute Gasteiger partial charge is 0.346 e. The third kappa shape index (κ3) is 8.80. The first-order valence-corrected chi connectivity index (χ1v) is 24.9. The highest BCUT2D eigenvalue weighted by molar-refractivity contribution is 7.91. The molecular formula is C30H40N6O19P4. The average Bonchev–Trinajstić information content (AvgIpc) is 3.77. The van der Waals surface area contributed by atoms with E-state index in [0.717, 1.165) is 9.13 Å². The summed E-state index contributed by atoms with van der Waals surface area (Å²) >= 11 is 0. The summed E-state index contributed by atoms with van der Waals surface area (Å²) in [5.41, 5.74) is -1.59. The first-order chi connectivity index (χ1) is 27.4. The number of nitrogens with zero attached hydrogens (tertiary/aromatic N) is 4. The Morgan fingerprint density at radius 2 is 1.05 bits per heavy atom. The fraction of sp³-hybridized carbons (Fsp3) is 0.667. The minimum atomic E-state index is -4.77. The van der Waals surface area contributed by atoms with Gasteiger partial charge >= 0.3 is 41.8 Å². The number of anilines is 2. The molecule has 2 aromatic heterocycles. The van der Waals surface area contributed by atoms with E-state index < -0.39 is 139 Å². The lowest BCUT2D eigenvalue weighted by Gasteiger charge is -2.39. The third-order valence-corrected chi connectivity index (χ3v) is 22.0. The highest BCUT2D eigenvalue weighted by Gasteiger charge is 2.65. The summed E-state index contributed by atoms with van der Waals surface area (Å²) < 4.78 is 121. The first kappa shape index (κ1) is 42.9. The normalized spacial score (nSPS) is 40.3. The van der Waals surface area contributed by atoms with Gasteiger partial charge in [-0.3, -0.25) is 37.0 Å². The summed E-state index contributed by atoms with van der Waals surface area (Å²) in [5.74, 6) is -5.39. The van der Waals surface area contributed by atoms with Crippen molar-refractivity contribution in [2.45, 2.75) is 102 Å². The predicted molar refractivity (Wildman–Crippen MR) is 196 cm³/mol. The molecule has 2 amide bonds. The van der Waals surface area contributed by atoms with Crippen molar-refractivity contribution in [2.24, 2.45) is 0 Å². The number of ether oxygens (including phenoxy) is 6. The second-order valence-electron chi connectivity index (χ2n) is 15.2. The molecule has 2 N–H and O–H groups in total. The SMILES string of the molecule is CC(=O)Nc1ccn([C@@H]2O[C@H](COP3(=O)CP4(=O)OP(=O)(OC[C@H]5O[C@@H](n6ccc(NC(C)=O)nc6=O)C6OC(C)(C)O[C@H]65)CP(=O)(O3)O4)[C@@H]3OC(C)(C)OC32)c(=O)n1. The molecule has 2 bridgehead atoms. The van der Waals surface area contributed by atoms with Gasteiger partial charge in [-0.25, -0.2) is 22.5 Å². The van der Waals surface area contributed by atoms with Crippen LogP contribution >= 0.6 is 30.4 Å². The van der Waals surface area contributed by atoms with Crippen LogP contribution in [0.5, 0.6) is 0 Å². The molecule has 8 rings (SSSR count). The number of rotatable bonds is 10. The Balaban J connectivity index is 0.939. The Bertz CT molecular complexity index is 2200. The molecule has 0 aromatic carbocycles. The molecule has 0 aliphatic carbocycles. The molecule has 12 atom stereocenters. The number of amides is 2. The van der Waals surface area contributed by atoms with Crippen LogP contribution in [0.1, 0.15) is 54.0 Å². The highest BCUT2D eigenvalue weighted by Crippen LogP contribution is 2.91. The van der Waals surface area contributed by atoms with Crippen molar-refractivity contribution in [2.75, 3.05) is 35.7 Å². The molecule has 29 heteroatoms. The summed E-state index contributed by atoms with van der Waals surface area (Å²) in [4.78, 5) is 56.4. The molecule has 0 saturated carbocycles. The van der Waals surface area contributed by atoms with E-state index in [4.69, 9.17) is 50.4 Å². The average molecular weight is 913 g/mol. The molecule has 6 unspecified atom stereocenters. The highest BCUT2D eigenvalue weighted by atomic mass is 31.3. The Morgan fingerprint density at radius 3 is 1.41 bits per heavy atom. The lowest BCUT2D eigenvalue weighted by molar-refractivity contribution is -0.200. The molecule has 6 fully saturated rings. The van der Waals surface area contributed by atoms with Crippen molar-refractivity contribution in [3.63, 3.8) is 0 Å². The Labute approximate surface area is 334 Å². The molecular weight excluding hydrogens is 872 g/mol. The molecule has 2 aromatic rings. The fourth-order valence-corrected chi connectivity index (χ4v) is 22.0. The van der Waals surface area contributed by atoms with E-state index in [9.17, 15) is 37.4 Å². The Kier molecular flexibility index (Phi) is 10.8. The summed E-state index contributed by atoms with van der Waals surface area (Å²) in [6.07, 6.45) is -5.39. The summed E-state index contributed by atoms with van der Waals surface area (Å²) in [6, 6.07) is 2.75. The van der Waals surface area contributed by atoms with Gasteiger partial charge in [-0.2, -0.15) is 9.97 Å².